The standard InChI is InChI=1S/C9H7ClOS/c10-5-8-4-6-3-7(11)1-2-9(6)12-8/h1-4,11H,5H2. The van der Waals surface area contributed by atoms with Gasteiger partial charge in [0.05, 0.1) is 5.88 Å². The summed E-state index contributed by atoms with van der Waals surface area (Å²) in [5, 5.41) is 10.2. The molecule has 0 aliphatic rings. The first-order chi connectivity index (χ1) is 5.79. The lowest BCUT2D eigenvalue weighted by molar-refractivity contribution is 0.476. The van der Waals surface area contributed by atoms with E-state index in [1.54, 1.807) is 23.5 Å². The summed E-state index contributed by atoms with van der Waals surface area (Å²) in [4.78, 5) is 1.14. The van der Waals surface area contributed by atoms with E-state index in [1.807, 2.05) is 12.1 Å². The van der Waals surface area contributed by atoms with Gasteiger partial charge in [0.25, 0.3) is 0 Å². The van der Waals surface area contributed by atoms with Gasteiger partial charge in [0, 0.05) is 9.58 Å². The quantitative estimate of drug-likeness (QED) is 0.697. The van der Waals surface area contributed by atoms with Gasteiger partial charge >= 0.3 is 0 Å². The Kier molecular flexibility index (Phi) is 1.95. The van der Waals surface area contributed by atoms with Gasteiger partial charge in [-0.1, -0.05) is 0 Å². The van der Waals surface area contributed by atoms with Gasteiger partial charge in [0.1, 0.15) is 5.75 Å². The fraction of sp³-hybridized carbons (Fsp3) is 0.111. The Morgan fingerprint density at radius 3 is 2.92 bits per heavy atom. The minimum atomic E-state index is 0.307. The van der Waals surface area contributed by atoms with E-state index in [0.717, 1.165) is 10.3 Å². The molecule has 2 aromatic rings. The Morgan fingerprint density at radius 1 is 1.33 bits per heavy atom. The Hall–Kier alpha value is -0.730. The van der Waals surface area contributed by atoms with Crippen LogP contribution >= 0.6 is 22.9 Å². The zero-order valence-electron chi connectivity index (χ0n) is 6.25. The van der Waals surface area contributed by atoms with Crippen molar-refractivity contribution in [2.75, 3.05) is 0 Å². The van der Waals surface area contributed by atoms with Crippen molar-refractivity contribution in [3.8, 4) is 5.75 Å². The van der Waals surface area contributed by atoms with Crippen molar-refractivity contribution in [1.82, 2.24) is 0 Å². The van der Waals surface area contributed by atoms with Crippen LogP contribution in [0, 0.1) is 0 Å². The van der Waals surface area contributed by atoms with Crippen molar-refractivity contribution in [3.63, 3.8) is 0 Å². The largest absolute Gasteiger partial charge is 0.508 e. The number of alkyl halides is 1. The second-order valence-corrected chi connectivity index (χ2v) is 4.00. The first-order valence-corrected chi connectivity index (χ1v) is 4.92. The number of halogens is 1. The van der Waals surface area contributed by atoms with Crippen LogP contribution in [0.1, 0.15) is 4.88 Å². The maximum atomic E-state index is 9.18. The summed E-state index contributed by atoms with van der Waals surface area (Å²) in [7, 11) is 0. The number of aromatic hydroxyl groups is 1. The van der Waals surface area contributed by atoms with Gasteiger partial charge in [-0.3, -0.25) is 0 Å². The van der Waals surface area contributed by atoms with Crippen LogP contribution in [0.5, 0.6) is 5.75 Å². The number of fused-ring (bicyclic) bond motifs is 1. The lowest BCUT2D eigenvalue weighted by Crippen LogP contribution is -1.63. The summed E-state index contributed by atoms with van der Waals surface area (Å²) in [6.07, 6.45) is 0. The van der Waals surface area contributed by atoms with E-state index in [0.29, 0.717) is 11.6 Å². The minimum absolute atomic E-state index is 0.307. The SMILES string of the molecule is Oc1ccc2sc(CCl)cc2c1. The summed E-state index contributed by atoms with van der Waals surface area (Å²) in [5.41, 5.74) is 0. The average molecular weight is 199 g/mol. The number of phenolic OH excluding ortho intramolecular Hbond substituents is 1. The molecule has 0 saturated heterocycles. The molecule has 0 saturated carbocycles. The van der Waals surface area contributed by atoms with Crippen LogP contribution in [0.15, 0.2) is 24.3 Å². The highest BCUT2D eigenvalue weighted by Crippen LogP contribution is 2.29. The van der Waals surface area contributed by atoms with Gasteiger partial charge in [0.2, 0.25) is 0 Å². The second kappa shape index (κ2) is 2.96. The van der Waals surface area contributed by atoms with Crippen LogP contribution in [0.3, 0.4) is 0 Å². The minimum Gasteiger partial charge on any atom is -0.508 e. The topological polar surface area (TPSA) is 20.2 Å². The Bertz CT molecular complexity index is 408. The molecule has 0 atom stereocenters. The molecule has 62 valence electrons. The van der Waals surface area contributed by atoms with Gasteiger partial charge in [-0.2, -0.15) is 0 Å². The van der Waals surface area contributed by atoms with Crippen LogP contribution in [0.25, 0.3) is 10.1 Å². The molecule has 1 N–H and O–H groups in total. The molecule has 0 aliphatic heterocycles. The van der Waals surface area contributed by atoms with Crippen molar-refractivity contribution in [1.29, 1.82) is 0 Å². The molecule has 0 radical (unpaired) electrons. The summed E-state index contributed by atoms with van der Waals surface area (Å²) in [6.45, 7) is 0. The maximum Gasteiger partial charge on any atom is 0.116 e. The van der Waals surface area contributed by atoms with Gasteiger partial charge in [-0.05, 0) is 29.7 Å². The van der Waals surface area contributed by atoms with E-state index in [1.165, 1.54) is 4.70 Å². The van der Waals surface area contributed by atoms with Crippen molar-refractivity contribution in [2.45, 2.75) is 5.88 Å². The van der Waals surface area contributed by atoms with E-state index >= 15 is 0 Å². The fourth-order valence-corrected chi connectivity index (χ4v) is 2.29. The highest BCUT2D eigenvalue weighted by atomic mass is 35.5. The molecule has 0 unspecified atom stereocenters. The van der Waals surface area contributed by atoms with Gasteiger partial charge < -0.3 is 5.11 Å². The molecule has 0 aliphatic carbocycles. The van der Waals surface area contributed by atoms with Gasteiger partial charge in [-0.25, -0.2) is 0 Å². The average Bonchev–Trinajstić information content (AvgIpc) is 2.46. The Labute approximate surface area is 79.2 Å². The zero-order chi connectivity index (χ0) is 8.55. The molecule has 2 rings (SSSR count). The van der Waals surface area contributed by atoms with Gasteiger partial charge in [-0.15, -0.1) is 22.9 Å². The number of hydrogen-bond donors (Lipinski definition) is 1. The summed E-state index contributed by atoms with van der Waals surface area (Å²) in [5.74, 6) is 0.849. The third-order valence-corrected chi connectivity index (χ3v) is 3.25. The molecule has 0 fully saturated rings. The third kappa shape index (κ3) is 1.28. The fourth-order valence-electron chi connectivity index (χ4n) is 1.15. The molecule has 0 spiro atoms. The molecule has 1 aromatic heterocycles. The van der Waals surface area contributed by atoms with E-state index < -0.39 is 0 Å². The summed E-state index contributed by atoms with van der Waals surface area (Å²) < 4.78 is 1.17. The first kappa shape index (κ1) is 7.90. The van der Waals surface area contributed by atoms with Crippen LogP contribution in [0.2, 0.25) is 0 Å². The molecule has 12 heavy (non-hydrogen) atoms. The molecule has 0 amide bonds. The van der Waals surface area contributed by atoms with Gasteiger partial charge in [0.15, 0.2) is 0 Å². The van der Waals surface area contributed by atoms with E-state index in [4.69, 9.17) is 11.6 Å². The predicted octanol–water partition coefficient (Wildman–Crippen LogP) is 3.35. The van der Waals surface area contributed by atoms with Crippen molar-refractivity contribution >= 4 is 33.0 Å². The number of thiophene rings is 1. The third-order valence-electron chi connectivity index (χ3n) is 1.68. The molecular weight excluding hydrogens is 192 g/mol. The summed E-state index contributed by atoms with van der Waals surface area (Å²) >= 11 is 7.35. The number of benzene rings is 1. The van der Waals surface area contributed by atoms with Crippen LogP contribution in [-0.2, 0) is 5.88 Å². The monoisotopic (exact) mass is 198 g/mol. The number of hydrogen-bond acceptors (Lipinski definition) is 2. The molecular formula is C9H7ClOS. The summed E-state index contributed by atoms with van der Waals surface area (Å²) in [6, 6.07) is 7.36. The predicted molar refractivity (Wildman–Crippen MR) is 53.0 cm³/mol. The van der Waals surface area contributed by atoms with E-state index in [2.05, 4.69) is 0 Å². The van der Waals surface area contributed by atoms with Crippen molar-refractivity contribution in [3.05, 3.63) is 29.1 Å². The molecule has 1 nitrogen and oxygen atoms in total. The van der Waals surface area contributed by atoms with Crippen LogP contribution in [-0.4, -0.2) is 5.11 Å². The van der Waals surface area contributed by atoms with E-state index in [-0.39, 0.29) is 0 Å². The molecule has 1 aromatic carbocycles. The lowest BCUT2D eigenvalue weighted by atomic mass is 10.2. The Morgan fingerprint density at radius 2 is 2.17 bits per heavy atom. The van der Waals surface area contributed by atoms with Crippen molar-refractivity contribution < 1.29 is 5.11 Å². The zero-order valence-corrected chi connectivity index (χ0v) is 7.82. The Balaban J connectivity index is 2.67. The number of phenols is 1. The van der Waals surface area contributed by atoms with Crippen LogP contribution < -0.4 is 0 Å². The maximum absolute atomic E-state index is 9.18. The molecule has 0 bridgehead atoms. The van der Waals surface area contributed by atoms with Crippen molar-refractivity contribution in [2.24, 2.45) is 0 Å². The highest BCUT2D eigenvalue weighted by Gasteiger charge is 2.00. The normalized spacial score (nSPS) is 10.8. The highest BCUT2D eigenvalue weighted by molar-refractivity contribution is 7.19. The smallest absolute Gasteiger partial charge is 0.116 e. The molecule has 3 heteroatoms. The number of rotatable bonds is 1. The first-order valence-electron chi connectivity index (χ1n) is 3.57. The van der Waals surface area contributed by atoms with Crippen LogP contribution in [0.4, 0.5) is 0 Å². The second-order valence-electron chi connectivity index (χ2n) is 2.57. The lowest BCUT2D eigenvalue weighted by Gasteiger charge is -1.89. The molecule has 1 heterocycles. The van der Waals surface area contributed by atoms with E-state index in [9.17, 15) is 5.11 Å².